The summed E-state index contributed by atoms with van der Waals surface area (Å²) in [6, 6.07) is 3.96. The van der Waals surface area contributed by atoms with E-state index in [2.05, 4.69) is 15.0 Å². The Kier molecular flexibility index (Phi) is 3.84. The normalized spacial score (nSPS) is 10.4. The fraction of sp³-hybridized carbons (Fsp3) is 0.308. The van der Waals surface area contributed by atoms with Gasteiger partial charge in [0.25, 0.3) is 0 Å². The van der Waals surface area contributed by atoms with Gasteiger partial charge in [0.15, 0.2) is 0 Å². The average Bonchev–Trinajstić information content (AvgIpc) is 2.39. The number of nitrogens with zero attached hydrogens (tertiary/aromatic N) is 4. The SMILES string of the molecule is Cc1nc(N(C)Cc2cccnc2)ncc1CN. The average molecular weight is 243 g/mol. The van der Waals surface area contributed by atoms with Crippen LogP contribution in [0.15, 0.2) is 30.7 Å². The second kappa shape index (κ2) is 5.55. The first-order valence-corrected chi connectivity index (χ1v) is 5.83. The number of hydrogen-bond acceptors (Lipinski definition) is 5. The van der Waals surface area contributed by atoms with Gasteiger partial charge in [-0.3, -0.25) is 4.98 Å². The monoisotopic (exact) mass is 243 g/mol. The summed E-state index contributed by atoms with van der Waals surface area (Å²) in [5.41, 5.74) is 8.64. The Hall–Kier alpha value is -2.01. The summed E-state index contributed by atoms with van der Waals surface area (Å²) < 4.78 is 0. The maximum absolute atomic E-state index is 5.60. The summed E-state index contributed by atoms with van der Waals surface area (Å²) in [6.45, 7) is 3.15. The highest BCUT2D eigenvalue weighted by Gasteiger charge is 2.07. The van der Waals surface area contributed by atoms with Crippen molar-refractivity contribution in [1.82, 2.24) is 15.0 Å². The van der Waals surface area contributed by atoms with Gasteiger partial charge in [-0.05, 0) is 18.6 Å². The Labute approximate surface area is 107 Å². The number of nitrogens with two attached hydrogens (primary N) is 1. The van der Waals surface area contributed by atoms with Crippen LogP contribution in [0.3, 0.4) is 0 Å². The molecule has 0 amide bonds. The number of anilines is 1. The van der Waals surface area contributed by atoms with Crippen LogP contribution < -0.4 is 10.6 Å². The molecule has 0 aliphatic rings. The van der Waals surface area contributed by atoms with E-state index in [1.807, 2.05) is 37.2 Å². The summed E-state index contributed by atoms with van der Waals surface area (Å²) in [5, 5.41) is 0. The van der Waals surface area contributed by atoms with Gasteiger partial charge in [-0.15, -0.1) is 0 Å². The van der Waals surface area contributed by atoms with Crippen molar-refractivity contribution in [2.24, 2.45) is 5.73 Å². The van der Waals surface area contributed by atoms with Crippen LogP contribution in [-0.2, 0) is 13.1 Å². The molecule has 2 aromatic rings. The minimum absolute atomic E-state index is 0.471. The summed E-state index contributed by atoms with van der Waals surface area (Å²) >= 11 is 0. The first kappa shape index (κ1) is 12.4. The van der Waals surface area contributed by atoms with Crippen LogP contribution in [0.4, 0.5) is 5.95 Å². The molecule has 0 spiro atoms. The molecule has 0 atom stereocenters. The molecule has 18 heavy (non-hydrogen) atoms. The zero-order valence-corrected chi connectivity index (χ0v) is 10.7. The van der Waals surface area contributed by atoms with E-state index in [1.54, 1.807) is 12.4 Å². The molecule has 0 aliphatic heterocycles. The molecule has 0 aliphatic carbocycles. The van der Waals surface area contributed by atoms with E-state index in [4.69, 9.17) is 5.73 Å². The molecule has 5 heteroatoms. The predicted molar refractivity (Wildman–Crippen MR) is 71.0 cm³/mol. The molecule has 0 unspecified atom stereocenters. The van der Waals surface area contributed by atoms with E-state index in [1.165, 1.54) is 0 Å². The van der Waals surface area contributed by atoms with Gasteiger partial charge in [0.2, 0.25) is 5.95 Å². The van der Waals surface area contributed by atoms with Gasteiger partial charge in [0.05, 0.1) is 0 Å². The smallest absolute Gasteiger partial charge is 0.225 e. The van der Waals surface area contributed by atoms with Crippen molar-refractivity contribution in [3.63, 3.8) is 0 Å². The summed E-state index contributed by atoms with van der Waals surface area (Å²) in [6.07, 6.45) is 5.40. The number of pyridine rings is 1. The van der Waals surface area contributed by atoms with Crippen molar-refractivity contribution >= 4 is 5.95 Å². The highest BCUT2D eigenvalue weighted by molar-refractivity contribution is 5.33. The Balaban J connectivity index is 2.14. The number of rotatable bonds is 4. The highest BCUT2D eigenvalue weighted by atomic mass is 15.2. The Morgan fingerprint density at radius 1 is 1.33 bits per heavy atom. The Morgan fingerprint density at radius 2 is 2.17 bits per heavy atom. The van der Waals surface area contributed by atoms with Crippen LogP contribution in [0, 0.1) is 6.92 Å². The Bertz CT molecular complexity index is 512. The van der Waals surface area contributed by atoms with Crippen molar-refractivity contribution in [1.29, 1.82) is 0 Å². The van der Waals surface area contributed by atoms with Gasteiger partial charge in [0, 0.05) is 50.0 Å². The van der Waals surface area contributed by atoms with Crippen molar-refractivity contribution in [3.8, 4) is 0 Å². The molecule has 0 radical (unpaired) electrons. The molecule has 0 bridgehead atoms. The van der Waals surface area contributed by atoms with Gasteiger partial charge < -0.3 is 10.6 Å². The third kappa shape index (κ3) is 2.81. The largest absolute Gasteiger partial charge is 0.339 e. The van der Waals surface area contributed by atoms with Crippen LogP contribution in [0.1, 0.15) is 16.8 Å². The maximum Gasteiger partial charge on any atom is 0.225 e. The standard InChI is InChI=1S/C13H17N5/c1-10-12(6-14)8-16-13(17-10)18(2)9-11-4-3-5-15-7-11/h3-5,7-8H,6,9,14H2,1-2H3. The molecular formula is C13H17N5. The van der Waals surface area contributed by atoms with Crippen molar-refractivity contribution in [2.45, 2.75) is 20.0 Å². The molecular weight excluding hydrogens is 226 g/mol. The first-order valence-electron chi connectivity index (χ1n) is 5.83. The topological polar surface area (TPSA) is 67.9 Å². The fourth-order valence-electron chi connectivity index (χ4n) is 1.70. The van der Waals surface area contributed by atoms with Crippen LogP contribution in [0.5, 0.6) is 0 Å². The van der Waals surface area contributed by atoms with Crippen LogP contribution >= 0.6 is 0 Å². The predicted octanol–water partition coefficient (Wildman–Crippen LogP) is 1.28. The van der Waals surface area contributed by atoms with Crippen LogP contribution in [-0.4, -0.2) is 22.0 Å². The van der Waals surface area contributed by atoms with Gasteiger partial charge in [-0.2, -0.15) is 0 Å². The number of hydrogen-bond donors (Lipinski definition) is 1. The van der Waals surface area contributed by atoms with E-state index in [9.17, 15) is 0 Å². The lowest BCUT2D eigenvalue weighted by molar-refractivity contribution is 0.843. The molecule has 2 heterocycles. The van der Waals surface area contributed by atoms with Gasteiger partial charge >= 0.3 is 0 Å². The first-order chi connectivity index (χ1) is 8.70. The quantitative estimate of drug-likeness (QED) is 0.876. The van der Waals surface area contributed by atoms with Crippen molar-refractivity contribution in [3.05, 3.63) is 47.5 Å². The lowest BCUT2D eigenvalue weighted by Crippen LogP contribution is -2.20. The second-order valence-electron chi connectivity index (χ2n) is 4.20. The van der Waals surface area contributed by atoms with Gasteiger partial charge in [-0.25, -0.2) is 9.97 Å². The molecule has 2 aromatic heterocycles. The third-order valence-electron chi connectivity index (χ3n) is 2.77. The lowest BCUT2D eigenvalue weighted by Gasteiger charge is -2.17. The molecule has 94 valence electrons. The van der Waals surface area contributed by atoms with Gasteiger partial charge in [-0.1, -0.05) is 6.07 Å². The lowest BCUT2D eigenvalue weighted by atomic mass is 10.2. The third-order valence-corrected chi connectivity index (χ3v) is 2.77. The van der Waals surface area contributed by atoms with E-state index in [0.717, 1.165) is 23.4 Å². The zero-order valence-electron chi connectivity index (χ0n) is 10.7. The zero-order chi connectivity index (χ0) is 13.0. The molecule has 5 nitrogen and oxygen atoms in total. The second-order valence-corrected chi connectivity index (χ2v) is 4.20. The maximum atomic E-state index is 5.60. The highest BCUT2D eigenvalue weighted by Crippen LogP contribution is 2.12. The summed E-state index contributed by atoms with van der Waals surface area (Å²) in [4.78, 5) is 14.9. The van der Waals surface area contributed by atoms with E-state index in [-0.39, 0.29) is 0 Å². The minimum atomic E-state index is 0.471. The van der Waals surface area contributed by atoms with E-state index in [0.29, 0.717) is 12.5 Å². The van der Waals surface area contributed by atoms with E-state index < -0.39 is 0 Å². The molecule has 2 rings (SSSR count). The molecule has 0 fully saturated rings. The van der Waals surface area contributed by atoms with Gasteiger partial charge in [0.1, 0.15) is 0 Å². The molecule has 0 aromatic carbocycles. The van der Waals surface area contributed by atoms with E-state index >= 15 is 0 Å². The summed E-state index contributed by atoms with van der Waals surface area (Å²) in [5.74, 6) is 0.702. The number of aryl methyl sites for hydroxylation is 1. The Morgan fingerprint density at radius 3 is 2.78 bits per heavy atom. The molecule has 2 N–H and O–H groups in total. The van der Waals surface area contributed by atoms with Crippen molar-refractivity contribution in [2.75, 3.05) is 11.9 Å². The van der Waals surface area contributed by atoms with Crippen molar-refractivity contribution < 1.29 is 0 Å². The molecule has 0 saturated carbocycles. The minimum Gasteiger partial charge on any atom is -0.339 e. The summed E-state index contributed by atoms with van der Waals surface area (Å²) in [7, 11) is 1.96. The van der Waals surface area contributed by atoms with Crippen LogP contribution in [0.2, 0.25) is 0 Å². The molecule has 0 saturated heterocycles. The fourth-order valence-corrected chi connectivity index (χ4v) is 1.70. The number of aromatic nitrogens is 3. The van der Waals surface area contributed by atoms with Crippen LogP contribution in [0.25, 0.3) is 0 Å².